The zero-order chi connectivity index (χ0) is 18.0. The van der Waals surface area contributed by atoms with Crippen LogP contribution in [-0.4, -0.2) is 31.2 Å². The number of aryl methyl sites for hydroxylation is 1. The highest BCUT2D eigenvalue weighted by Crippen LogP contribution is 2.29. The summed E-state index contributed by atoms with van der Waals surface area (Å²) in [5.74, 6) is -0.147. The highest BCUT2D eigenvalue weighted by molar-refractivity contribution is 6.07. The number of hydrogen-bond acceptors (Lipinski definition) is 4. The predicted octanol–water partition coefficient (Wildman–Crippen LogP) is 4.29. The highest BCUT2D eigenvalue weighted by atomic mass is 35.5. The molecule has 0 aromatic heterocycles. The number of carbonyl (C=O) groups is 1. The van der Waals surface area contributed by atoms with Crippen molar-refractivity contribution in [1.82, 2.24) is 0 Å². The van der Waals surface area contributed by atoms with Crippen LogP contribution in [0.15, 0.2) is 42.5 Å². The van der Waals surface area contributed by atoms with E-state index >= 15 is 0 Å². The van der Waals surface area contributed by atoms with E-state index in [4.69, 9.17) is 10.5 Å². The Labute approximate surface area is 173 Å². The largest absolute Gasteiger partial charge is 0.399 e. The van der Waals surface area contributed by atoms with Gasteiger partial charge < -0.3 is 20.7 Å². The summed E-state index contributed by atoms with van der Waals surface area (Å²) in [7, 11) is 0. The molecule has 1 saturated heterocycles. The molecular formula is C20H27Cl2N3O2. The Kier molecular flexibility index (Phi) is 8.41. The topological polar surface area (TPSA) is 67.6 Å². The van der Waals surface area contributed by atoms with Gasteiger partial charge in [-0.3, -0.25) is 4.79 Å². The van der Waals surface area contributed by atoms with Crippen LogP contribution >= 0.6 is 24.8 Å². The molecule has 0 aliphatic carbocycles. The summed E-state index contributed by atoms with van der Waals surface area (Å²) in [4.78, 5) is 15.0. The van der Waals surface area contributed by atoms with Crippen LogP contribution in [0, 0.1) is 6.92 Å². The minimum atomic E-state index is -0.147. The molecule has 1 aliphatic heterocycles. The van der Waals surface area contributed by atoms with E-state index in [2.05, 4.69) is 24.1 Å². The molecule has 2 atom stereocenters. The van der Waals surface area contributed by atoms with E-state index in [0.717, 1.165) is 30.0 Å². The van der Waals surface area contributed by atoms with Gasteiger partial charge in [-0.15, -0.1) is 24.8 Å². The molecule has 2 aromatic rings. The van der Waals surface area contributed by atoms with E-state index < -0.39 is 0 Å². The number of nitrogens with one attached hydrogen (secondary N) is 1. The van der Waals surface area contributed by atoms with Crippen LogP contribution in [0.2, 0.25) is 0 Å². The molecular weight excluding hydrogens is 385 g/mol. The monoisotopic (exact) mass is 411 g/mol. The van der Waals surface area contributed by atoms with Gasteiger partial charge in [-0.05, 0) is 50.6 Å². The fourth-order valence-corrected chi connectivity index (χ4v) is 3.30. The van der Waals surface area contributed by atoms with E-state index in [-0.39, 0.29) is 42.9 Å². The Morgan fingerprint density at radius 2 is 1.74 bits per heavy atom. The average molecular weight is 412 g/mol. The number of morpholine rings is 1. The number of nitrogen functional groups attached to an aromatic ring is 1. The van der Waals surface area contributed by atoms with Gasteiger partial charge in [-0.1, -0.05) is 18.2 Å². The number of carbonyl (C=O) groups excluding carboxylic acids is 1. The fraction of sp³-hybridized carbons (Fsp3) is 0.350. The molecule has 3 N–H and O–H groups in total. The Balaban J connectivity index is 0.00000182. The number of halogens is 2. The fourth-order valence-electron chi connectivity index (χ4n) is 3.30. The second kappa shape index (κ2) is 9.83. The van der Waals surface area contributed by atoms with E-state index in [1.165, 1.54) is 0 Å². The minimum Gasteiger partial charge on any atom is -0.399 e. The summed E-state index contributed by atoms with van der Waals surface area (Å²) >= 11 is 0. The molecule has 2 unspecified atom stereocenters. The lowest BCUT2D eigenvalue weighted by atomic mass is 10.1. The highest BCUT2D eigenvalue weighted by Gasteiger charge is 2.24. The normalized spacial score (nSPS) is 18.9. The number of hydrogen-bond donors (Lipinski definition) is 2. The standard InChI is InChI=1S/C20H25N3O2.2ClH/c1-13-8-9-16(21)10-17(13)20(24)22-18-6-4-5-7-19(18)23-11-14(2)25-15(3)12-23;;/h4-10,14-15H,11-12,21H2,1-3H3,(H,22,24);2*1H. The third-order valence-electron chi connectivity index (χ3n) is 4.42. The van der Waals surface area contributed by atoms with E-state index in [0.29, 0.717) is 11.3 Å². The van der Waals surface area contributed by atoms with Crippen molar-refractivity contribution in [1.29, 1.82) is 0 Å². The molecule has 2 aromatic carbocycles. The van der Waals surface area contributed by atoms with Crippen molar-refractivity contribution in [3.63, 3.8) is 0 Å². The van der Waals surface area contributed by atoms with Gasteiger partial charge in [0.25, 0.3) is 5.91 Å². The van der Waals surface area contributed by atoms with Crippen LogP contribution in [0.4, 0.5) is 17.1 Å². The molecule has 1 aliphatic rings. The smallest absolute Gasteiger partial charge is 0.256 e. The molecule has 0 saturated carbocycles. The summed E-state index contributed by atoms with van der Waals surface area (Å²) < 4.78 is 5.81. The lowest BCUT2D eigenvalue weighted by Crippen LogP contribution is -2.45. The van der Waals surface area contributed by atoms with Gasteiger partial charge in [0.05, 0.1) is 23.6 Å². The average Bonchev–Trinajstić information content (AvgIpc) is 2.56. The summed E-state index contributed by atoms with van der Waals surface area (Å²) in [6.07, 6.45) is 0.312. The number of ether oxygens (including phenoxy) is 1. The maximum absolute atomic E-state index is 12.7. The van der Waals surface area contributed by atoms with E-state index in [1.54, 1.807) is 12.1 Å². The van der Waals surface area contributed by atoms with Crippen LogP contribution in [0.1, 0.15) is 29.8 Å². The number of nitrogens with zero attached hydrogens (tertiary/aromatic N) is 1. The molecule has 0 bridgehead atoms. The van der Waals surface area contributed by atoms with Crippen molar-refractivity contribution in [2.75, 3.05) is 29.0 Å². The summed E-state index contributed by atoms with van der Waals surface area (Å²) in [6, 6.07) is 13.3. The third-order valence-corrected chi connectivity index (χ3v) is 4.42. The Morgan fingerprint density at radius 1 is 1.11 bits per heavy atom. The lowest BCUT2D eigenvalue weighted by Gasteiger charge is -2.37. The predicted molar refractivity (Wildman–Crippen MR) is 117 cm³/mol. The maximum atomic E-state index is 12.7. The molecule has 0 spiro atoms. The SMILES string of the molecule is Cc1ccc(N)cc1C(=O)Nc1ccccc1N1CC(C)OC(C)C1.Cl.Cl. The van der Waals surface area contributed by atoms with Gasteiger partial charge in [0.1, 0.15) is 0 Å². The molecule has 3 rings (SSSR count). The Hall–Kier alpha value is -1.95. The number of benzene rings is 2. The number of nitrogens with two attached hydrogens (primary N) is 1. The van der Waals surface area contributed by atoms with Gasteiger partial charge in [0.2, 0.25) is 0 Å². The van der Waals surface area contributed by atoms with Crippen molar-refractivity contribution < 1.29 is 9.53 Å². The molecule has 1 fully saturated rings. The van der Waals surface area contributed by atoms with Gasteiger partial charge in [0.15, 0.2) is 0 Å². The summed E-state index contributed by atoms with van der Waals surface area (Å²) in [5.41, 5.74) is 9.73. The first-order valence-electron chi connectivity index (χ1n) is 8.61. The van der Waals surface area contributed by atoms with Crippen LogP contribution in [0.25, 0.3) is 0 Å². The molecule has 1 amide bonds. The van der Waals surface area contributed by atoms with Crippen molar-refractivity contribution in [2.45, 2.75) is 33.0 Å². The summed E-state index contributed by atoms with van der Waals surface area (Å²) in [5, 5.41) is 3.04. The minimum absolute atomic E-state index is 0. The number of rotatable bonds is 3. The summed E-state index contributed by atoms with van der Waals surface area (Å²) in [6.45, 7) is 7.65. The second-order valence-corrected chi connectivity index (χ2v) is 6.71. The molecule has 148 valence electrons. The van der Waals surface area contributed by atoms with E-state index in [1.807, 2.05) is 37.3 Å². The Morgan fingerprint density at radius 3 is 2.41 bits per heavy atom. The van der Waals surface area contributed by atoms with Gasteiger partial charge in [-0.2, -0.15) is 0 Å². The van der Waals surface area contributed by atoms with Crippen molar-refractivity contribution in [3.05, 3.63) is 53.6 Å². The van der Waals surface area contributed by atoms with Gasteiger partial charge in [0, 0.05) is 24.3 Å². The van der Waals surface area contributed by atoms with Gasteiger partial charge >= 0.3 is 0 Å². The van der Waals surface area contributed by atoms with Crippen molar-refractivity contribution >= 4 is 47.8 Å². The molecule has 0 radical (unpaired) electrons. The van der Waals surface area contributed by atoms with Crippen LogP contribution in [-0.2, 0) is 4.74 Å². The van der Waals surface area contributed by atoms with Crippen LogP contribution in [0.5, 0.6) is 0 Å². The number of amides is 1. The Bertz CT molecular complexity index is 776. The first kappa shape index (κ1) is 23.1. The van der Waals surface area contributed by atoms with Crippen LogP contribution in [0.3, 0.4) is 0 Å². The first-order chi connectivity index (χ1) is 11.9. The molecule has 7 heteroatoms. The van der Waals surface area contributed by atoms with Crippen molar-refractivity contribution in [3.8, 4) is 0 Å². The number of para-hydroxylation sites is 2. The number of anilines is 3. The quantitative estimate of drug-likeness (QED) is 0.739. The third kappa shape index (κ3) is 5.51. The first-order valence-corrected chi connectivity index (χ1v) is 8.61. The maximum Gasteiger partial charge on any atom is 0.256 e. The van der Waals surface area contributed by atoms with Gasteiger partial charge in [-0.25, -0.2) is 0 Å². The van der Waals surface area contributed by atoms with Crippen LogP contribution < -0.4 is 16.0 Å². The van der Waals surface area contributed by atoms with Crippen molar-refractivity contribution in [2.24, 2.45) is 0 Å². The zero-order valence-electron chi connectivity index (χ0n) is 15.8. The zero-order valence-corrected chi connectivity index (χ0v) is 17.4. The lowest BCUT2D eigenvalue weighted by molar-refractivity contribution is -0.00517. The molecule has 5 nitrogen and oxygen atoms in total. The molecule has 1 heterocycles. The second-order valence-electron chi connectivity index (χ2n) is 6.71. The van der Waals surface area contributed by atoms with E-state index in [9.17, 15) is 4.79 Å². The molecule has 27 heavy (non-hydrogen) atoms.